The van der Waals surface area contributed by atoms with Gasteiger partial charge in [-0.15, -0.1) is 11.3 Å². The average molecular weight is 308 g/mol. The van der Waals surface area contributed by atoms with Crippen LogP contribution >= 0.6 is 11.3 Å². The maximum Gasteiger partial charge on any atom is 0.0568 e. The Bertz CT molecular complexity index is 394. The number of nitrogens with one attached hydrogen (secondary N) is 1. The van der Waals surface area contributed by atoms with Crippen LogP contribution in [0.2, 0.25) is 0 Å². The summed E-state index contributed by atoms with van der Waals surface area (Å²) in [7, 11) is 2.36. The van der Waals surface area contributed by atoms with Gasteiger partial charge in [0.1, 0.15) is 0 Å². The largest absolute Gasteiger partial charge is 0.314 e. The quantitative estimate of drug-likeness (QED) is 0.902. The average Bonchev–Trinajstić information content (AvgIpc) is 3.08. The Labute approximate surface area is 133 Å². The van der Waals surface area contributed by atoms with Crippen molar-refractivity contribution in [2.45, 2.75) is 44.2 Å². The van der Waals surface area contributed by atoms with Crippen LogP contribution in [-0.2, 0) is 0 Å². The predicted octanol–water partition coefficient (Wildman–Crippen LogP) is 2.96. The molecule has 0 spiro atoms. The molecule has 2 fully saturated rings. The van der Waals surface area contributed by atoms with Crippen molar-refractivity contribution in [2.24, 2.45) is 0 Å². The van der Waals surface area contributed by atoms with Crippen LogP contribution in [0.15, 0.2) is 17.5 Å². The molecule has 1 aliphatic carbocycles. The number of nitrogens with zero attached hydrogens (tertiary/aromatic N) is 2. The monoisotopic (exact) mass is 307 g/mol. The molecular weight excluding hydrogens is 278 g/mol. The van der Waals surface area contributed by atoms with Gasteiger partial charge in [0.2, 0.25) is 0 Å². The minimum atomic E-state index is 0.575. The maximum atomic E-state index is 3.46. The summed E-state index contributed by atoms with van der Waals surface area (Å²) < 4.78 is 0. The molecule has 0 amide bonds. The maximum absolute atomic E-state index is 3.46. The Hall–Kier alpha value is -0.420. The molecule has 0 bridgehead atoms. The molecule has 4 heteroatoms. The second-order valence-electron chi connectivity index (χ2n) is 6.54. The Morgan fingerprint density at radius 3 is 2.71 bits per heavy atom. The van der Waals surface area contributed by atoms with Crippen LogP contribution in [0.1, 0.15) is 43.0 Å². The third-order valence-electron chi connectivity index (χ3n) is 5.15. The molecule has 1 aromatic heterocycles. The zero-order chi connectivity index (χ0) is 14.5. The number of hydrogen-bond donors (Lipinski definition) is 1. The highest BCUT2D eigenvalue weighted by Gasteiger charge is 2.28. The second kappa shape index (κ2) is 7.73. The zero-order valence-corrected chi connectivity index (χ0v) is 14.1. The van der Waals surface area contributed by atoms with Gasteiger partial charge in [-0.3, -0.25) is 9.80 Å². The van der Waals surface area contributed by atoms with Crippen molar-refractivity contribution in [3.63, 3.8) is 0 Å². The number of rotatable bonds is 5. The molecule has 0 aromatic carbocycles. The Balaban J connectivity index is 1.68. The Morgan fingerprint density at radius 1 is 1.29 bits per heavy atom. The summed E-state index contributed by atoms with van der Waals surface area (Å²) in [6, 6.07) is 5.90. The molecule has 3 rings (SSSR count). The Morgan fingerprint density at radius 2 is 2.05 bits per heavy atom. The smallest absolute Gasteiger partial charge is 0.0568 e. The molecule has 1 saturated carbocycles. The molecule has 0 radical (unpaired) electrons. The van der Waals surface area contributed by atoms with Gasteiger partial charge in [0.05, 0.1) is 6.04 Å². The molecule has 21 heavy (non-hydrogen) atoms. The molecule has 1 N–H and O–H groups in total. The summed E-state index contributed by atoms with van der Waals surface area (Å²) >= 11 is 1.93. The SMILES string of the molecule is CN(C1CCCCC1)C(CN1CCNCC1)c1cccs1. The minimum absolute atomic E-state index is 0.575. The van der Waals surface area contributed by atoms with Crippen LogP contribution in [0.3, 0.4) is 0 Å². The molecule has 2 aliphatic rings. The van der Waals surface area contributed by atoms with E-state index >= 15 is 0 Å². The second-order valence-corrected chi connectivity index (χ2v) is 7.52. The first-order valence-electron chi connectivity index (χ1n) is 8.53. The van der Waals surface area contributed by atoms with Gasteiger partial charge in [0.25, 0.3) is 0 Å². The number of thiophene rings is 1. The van der Waals surface area contributed by atoms with Crippen molar-refractivity contribution in [2.75, 3.05) is 39.8 Å². The van der Waals surface area contributed by atoms with Crippen molar-refractivity contribution in [1.82, 2.24) is 15.1 Å². The molecule has 1 atom stereocenters. The number of likely N-dealkylation sites (N-methyl/N-ethyl adjacent to an activating group) is 1. The molecular formula is C17H29N3S. The topological polar surface area (TPSA) is 18.5 Å². The first-order valence-corrected chi connectivity index (χ1v) is 9.41. The van der Waals surface area contributed by atoms with Gasteiger partial charge in [-0.05, 0) is 31.3 Å². The lowest BCUT2D eigenvalue weighted by Crippen LogP contribution is -2.48. The summed E-state index contributed by atoms with van der Waals surface area (Å²) in [5.41, 5.74) is 0. The molecule has 1 saturated heterocycles. The van der Waals surface area contributed by atoms with E-state index in [2.05, 4.69) is 39.7 Å². The summed E-state index contributed by atoms with van der Waals surface area (Å²) in [4.78, 5) is 6.87. The summed E-state index contributed by atoms with van der Waals surface area (Å²) in [5, 5.41) is 5.69. The number of piperazine rings is 1. The van der Waals surface area contributed by atoms with Gasteiger partial charge in [-0.2, -0.15) is 0 Å². The van der Waals surface area contributed by atoms with Crippen molar-refractivity contribution in [3.05, 3.63) is 22.4 Å². The van der Waals surface area contributed by atoms with E-state index in [9.17, 15) is 0 Å². The minimum Gasteiger partial charge on any atom is -0.314 e. The lowest BCUT2D eigenvalue weighted by molar-refractivity contribution is 0.0984. The third kappa shape index (κ3) is 4.07. The molecule has 2 heterocycles. The van der Waals surface area contributed by atoms with Gasteiger partial charge in [-0.1, -0.05) is 25.3 Å². The molecule has 1 aromatic rings. The van der Waals surface area contributed by atoms with E-state index in [0.717, 1.165) is 19.1 Å². The van der Waals surface area contributed by atoms with E-state index in [0.29, 0.717) is 6.04 Å². The van der Waals surface area contributed by atoms with Gasteiger partial charge in [0.15, 0.2) is 0 Å². The van der Waals surface area contributed by atoms with Crippen molar-refractivity contribution in [1.29, 1.82) is 0 Å². The van der Waals surface area contributed by atoms with Crippen molar-refractivity contribution in [3.8, 4) is 0 Å². The first-order chi connectivity index (χ1) is 10.3. The molecule has 3 nitrogen and oxygen atoms in total. The van der Waals surface area contributed by atoms with Gasteiger partial charge < -0.3 is 5.32 Å². The molecule has 118 valence electrons. The van der Waals surface area contributed by atoms with Crippen LogP contribution in [0, 0.1) is 0 Å². The van der Waals surface area contributed by atoms with E-state index in [-0.39, 0.29) is 0 Å². The summed E-state index contributed by atoms with van der Waals surface area (Å²) in [6.07, 6.45) is 7.05. The van der Waals surface area contributed by atoms with E-state index in [1.165, 1.54) is 51.7 Å². The summed E-state index contributed by atoms with van der Waals surface area (Å²) in [5.74, 6) is 0. The standard InChI is InChI=1S/C17H29N3S/c1-19(15-6-3-2-4-7-15)16(17-8-5-13-21-17)14-20-11-9-18-10-12-20/h5,8,13,15-16,18H,2-4,6-7,9-12,14H2,1H3. The van der Waals surface area contributed by atoms with Crippen LogP contribution in [0.4, 0.5) is 0 Å². The Kier molecular flexibility index (Phi) is 5.69. The highest BCUT2D eigenvalue weighted by atomic mass is 32.1. The van der Waals surface area contributed by atoms with Crippen molar-refractivity contribution < 1.29 is 0 Å². The van der Waals surface area contributed by atoms with Gasteiger partial charge in [-0.25, -0.2) is 0 Å². The first kappa shape index (κ1) is 15.5. The highest BCUT2D eigenvalue weighted by Crippen LogP contribution is 2.31. The van der Waals surface area contributed by atoms with Crippen LogP contribution < -0.4 is 5.32 Å². The molecule has 1 aliphatic heterocycles. The fourth-order valence-electron chi connectivity index (χ4n) is 3.78. The fourth-order valence-corrected chi connectivity index (χ4v) is 4.65. The van der Waals surface area contributed by atoms with Gasteiger partial charge >= 0.3 is 0 Å². The van der Waals surface area contributed by atoms with Gasteiger partial charge in [0, 0.05) is 43.6 Å². The lowest BCUT2D eigenvalue weighted by atomic mass is 9.93. The predicted molar refractivity (Wildman–Crippen MR) is 91.0 cm³/mol. The molecule has 1 unspecified atom stereocenters. The van der Waals surface area contributed by atoms with Crippen LogP contribution in [0.5, 0.6) is 0 Å². The lowest BCUT2D eigenvalue weighted by Gasteiger charge is -2.40. The third-order valence-corrected chi connectivity index (χ3v) is 6.13. The van der Waals surface area contributed by atoms with E-state index in [1.807, 2.05) is 11.3 Å². The van der Waals surface area contributed by atoms with Crippen molar-refractivity contribution >= 4 is 11.3 Å². The van der Waals surface area contributed by atoms with E-state index in [1.54, 1.807) is 4.88 Å². The number of hydrogen-bond acceptors (Lipinski definition) is 4. The van der Waals surface area contributed by atoms with Crippen LogP contribution in [-0.4, -0.2) is 55.6 Å². The summed E-state index contributed by atoms with van der Waals surface area (Å²) in [6.45, 7) is 5.87. The normalized spacial score (nSPS) is 23.5. The zero-order valence-electron chi connectivity index (χ0n) is 13.3. The van der Waals surface area contributed by atoms with Crippen LogP contribution in [0.25, 0.3) is 0 Å². The van der Waals surface area contributed by atoms with E-state index in [4.69, 9.17) is 0 Å². The highest BCUT2D eigenvalue weighted by molar-refractivity contribution is 7.10. The van der Waals surface area contributed by atoms with E-state index < -0.39 is 0 Å². The fraction of sp³-hybridized carbons (Fsp3) is 0.765.